The molecule has 1 atom stereocenters. The summed E-state index contributed by atoms with van der Waals surface area (Å²) < 4.78 is 0. The number of carboxylic acids is 1. The second kappa shape index (κ2) is 4.64. The van der Waals surface area contributed by atoms with Crippen LogP contribution >= 0.6 is 0 Å². The Morgan fingerprint density at radius 2 is 1.93 bits per heavy atom. The van der Waals surface area contributed by atoms with Gasteiger partial charge in [0.05, 0.1) is 0 Å². The van der Waals surface area contributed by atoms with Crippen LogP contribution in [0.2, 0.25) is 0 Å². The van der Waals surface area contributed by atoms with Gasteiger partial charge in [-0.05, 0) is 19.3 Å². The van der Waals surface area contributed by atoms with Crippen LogP contribution in [0.15, 0.2) is 0 Å². The minimum atomic E-state index is -0.986. The van der Waals surface area contributed by atoms with Crippen LogP contribution in [-0.4, -0.2) is 22.5 Å². The van der Waals surface area contributed by atoms with Gasteiger partial charge in [0.2, 0.25) is 5.91 Å². The Morgan fingerprint density at radius 3 is 2.33 bits per heavy atom. The van der Waals surface area contributed by atoms with Crippen molar-refractivity contribution in [3.05, 3.63) is 0 Å². The van der Waals surface area contributed by atoms with E-state index in [1.54, 1.807) is 0 Å². The van der Waals surface area contributed by atoms with Gasteiger partial charge in [0, 0.05) is 5.92 Å². The number of nitrogens with one attached hydrogen (secondary N) is 1. The van der Waals surface area contributed by atoms with E-state index in [4.69, 9.17) is 5.11 Å². The molecule has 2 N–H and O–H groups in total. The zero-order valence-corrected chi connectivity index (χ0v) is 9.38. The second-order valence-corrected chi connectivity index (χ2v) is 4.39. The molecule has 1 amide bonds. The maximum absolute atomic E-state index is 11.7. The average Bonchev–Trinajstić information content (AvgIpc) is 2.66. The van der Waals surface area contributed by atoms with Crippen molar-refractivity contribution in [2.45, 2.75) is 51.5 Å². The molecule has 86 valence electrons. The van der Waals surface area contributed by atoms with E-state index in [-0.39, 0.29) is 11.8 Å². The highest BCUT2D eigenvalue weighted by atomic mass is 16.4. The smallest absolute Gasteiger partial charge is 0.329 e. The van der Waals surface area contributed by atoms with E-state index < -0.39 is 11.5 Å². The third-order valence-corrected chi connectivity index (χ3v) is 3.29. The summed E-state index contributed by atoms with van der Waals surface area (Å²) in [6.45, 7) is 3.74. The van der Waals surface area contributed by atoms with Gasteiger partial charge in [-0.1, -0.05) is 26.7 Å². The Labute approximate surface area is 90.0 Å². The van der Waals surface area contributed by atoms with Crippen LogP contribution in [0, 0.1) is 5.92 Å². The van der Waals surface area contributed by atoms with Gasteiger partial charge < -0.3 is 10.4 Å². The van der Waals surface area contributed by atoms with Crippen molar-refractivity contribution in [2.24, 2.45) is 5.92 Å². The van der Waals surface area contributed by atoms with Crippen LogP contribution in [0.1, 0.15) is 46.0 Å². The van der Waals surface area contributed by atoms with Crippen molar-refractivity contribution < 1.29 is 14.7 Å². The molecule has 0 aromatic heterocycles. The fourth-order valence-electron chi connectivity index (χ4n) is 1.92. The SMILES string of the molecule is CCC(C)C(=O)NC1(C(=O)O)CCCC1. The summed E-state index contributed by atoms with van der Waals surface area (Å²) >= 11 is 0. The first kappa shape index (κ1) is 12.0. The number of hydrogen-bond acceptors (Lipinski definition) is 2. The summed E-state index contributed by atoms with van der Waals surface area (Å²) in [5.41, 5.74) is -0.986. The summed E-state index contributed by atoms with van der Waals surface area (Å²) in [5, 5.41) is 11.9. The number of aliphatic carboxylic acids is 1. The molecule has 0 heterocycles. The topological polar surface area (TPSA) is 66.4 Å². The molecule has 0 aromatic rings. The fourth-order valence-corrected chi connectivity index (χ4v) is 1.92. The van der Waals surface area contributed by atoms with E-state index in [9.17, 15) is 9.59 Å². The largest absolute Gasteiger partial charge is 0.480 e. The van der Waals surface area contributed by atoms with Gasteiger partial charge in [-0.3, -0.25) is 4.79 Å². The number of amides is 1. The first-order chi connectivity index (χ1) is 7.02. The summed E-state index contributed by atoms with van der Waals surface area (Å²) in [6.07, 6.45) is 3.62. The highest BCUT2D eigenvalue weighted by molar-refractivity contribution is 5.88. The summed E-state index contributed by atoms with van der Waals surface area (Å²) in [4.78, 5) is 22.8. The summed E-state index contributed by atoms with van der Waals surface area (Å²) in [7, 11) is 0. The van der Waals surface area contributed by atoms with Gasteiger partial charge in [0.1, 0.15) is 5.54 Å². The zero-order chi connectivity index (χ0) is 11.5. The Morgan fingerprint density at radius 1 is 1.40 bits per heavy atom. The second-order valence-electron chi connectivity index (χ2n) is 4.39. The van der Waals surface area contributed by atoms with Crippen LogP contribution in [-0.2, 0) is 9.59 Å². The monoisotopic (exact) mass is 213 g/mol. The maximum atomic E-state index is 11.7. The molecular formula is C11H19NO3. The molecule has 1 unspecified atom stereocenters. The quantitative estimate of drug-likeness (QED) is 0.744. The minimum absolute atomic E-state index is 0.109. The molecule has 0 aliphatic heterocycles. The number of carbonyl (C=O) groups excluding carboxylic acids is 1. The highest BCUT2D eigenvalue weighted by Crippen LogP contribution is 2.30. The van der Waals surface area contributed by atoms with Crippen molar-refractivity contribution in [1.82, 2.24) is 5.32 Å². The molecule has 15 heavy (non-hydrogen) atoms. The molecule has 0 radical (unpaired) electrons. The van der Waals surface area contributed by atoms with Gasteiger partial charge in [0.25, 0.3) is 0 Å². The van der Waals surface area contributed by atoms with Crippen molar-refractivity contribution in [2.75, 3.05) is 0 Å². The van der Waals surface area contributed by atoms with Gasteiger partial charge in [0.15, 0.2) is 0 Å². The van der Waals surface area contributed by atoms with Crippen molar-refractivity contribution in [3.63, 3.8) is 0 Å². The Bertz CT molecular complexity index is 257. The molecule has 0 bridgehead atoms. The van der Waals surface area contributed by atoms with Crippen LogP contribution in [0.5, 0.6) is 0 Å². The maximum Gasteiger partial charge on any atom is 0.329 e. The number of carboxylic acid groups (broad SMARTS) is 1. The lowest BCUT2D eigenvalue weighted by molar-refractivity contribution is -0.148. The lowest BCUT2D eigenvalue weighted by atomic mass is 9.96. The van der Waals surface area contributed by atoms with E-state index in [0.29, 0.717) is 12.8 Å². The first-order valence-electron chi connectivity index (χ1n) is 5.57. The van der Waals surface area contributed by atoms with Crippen molar-refractivity contribution in [1.29, 1.82) is 0 Å². The Kier molecular flexibility index (Phi) is 3.72. The number of carbonyl (C=O) groups is 2. The predicted molar refractivity (Wildman–Crippen MR) is 56.4 cm³/mol. The van der Waals surface area contributed by atoms with E-state index in [1.807, 2.05) is 13.8 Å². The summed E-state index contributed by atoms with van der Waals surface area (Å²) in [5.74, 6) is -1.14. The first-order valence-corrected chi connectivity index (χ1v) is 5.57. The fraction of sp³-hybridized carbons (Fsp3) is 0.818. The van der Waals surface area contributed by atoms with Crippen molar-refractivity contribution >= 4 is 11.9 Å². The molecule has 0 saturated heterocycles. The molecule has 1 aliphatic rings. The molecule has 4 nitrogen and oxygen atoms in total. The van der Waals surface area contributed by atoms with Crippen LogP contribution in [0.3, 0.4) is 0 Å². The molecule has 0 aromatic carbocycles. The van der Waals surface area contributed by atoms with Crippen molar-refractivity contribution in [3.8, 4) is 0 Å². The molecular weight excluding hydrogens is 194 g/mol. The van der Waals surface area contributed by atoms with Crippen LogP contribution < -0.4 is 5.32 Å². The van der Waals surface area contributed by atoms with E-state index >= 15 is 0 Å². The molecule has 0 spiro atoms. The van der Waals surface area contributed by atoms with Gasteiger partial charge in [-0.2, -0.15) is 0 Å². The number of rotatable bonds is 4. The number of hydrogen-bond donors (Lipinski definition) is 2. The zero-order valence-electron chi connectivity index (χ0n) is 9.38. The highest BCUT2D eigenvalue weighted by Gasteiger charge is 2.42. The Balaban J connectivity index is 2.67. The normalized spacial score (nSPS) is 20.9. The third-order valence-electron chi connectivity index (χ3n) is 3.29. The van der Waals surface area contributed by atoms with Gasteiger partial charge >= 0.3 is 5.97 Å². The van der Waals surface area contributed by atoms with Crippen LogP contribution in [0.4, 0.5) is 0 Å². The van der Waals surface area contributed by atoms with E-state index in [2.05, 4.69) is 5.32 Å². The standard InChI is InChI=1S/C11H19NO3/c1-3-8(2)9(13)12-11(10(14)15)6-4-5-7-11/h8H,3-7H2,1-2H3,(H,12,13)(H,14,15). The Hall–Kier alpha value is -1.06. The van der Waals surface area contributed by atoms with Gasteiger partial charge in [-0.25, -0.2) is 4.79 Å². The predicted octanol–water partition coefficient (Wildman–Crippen LogP) is 1.55. The average molecular weight is 213 g/mol. The molecule has 1 rings (SSSR count). The van der Waals surface area contributed by atoms with Crippen LogP contribution in [0.25, 0.3) is 0 Å². The lowest BCUT2D eigenvalue weighted by Gasteiger charge is -2.26. The van der Waals surface area contributed by atoms with Gasteiger partial charge in [-0.15, -0.1) is 0 Å². The third kappa shape index (κ3) is 2.49. The minimum Gasteiger partial charge on any atom is -0.480 e. The summed E-state index contributed by atoms with van der Waals surface area (Å²) in [6, 6.07) is 0. The lowest BCUT2D eigenvalue weighted by Crippen LogP contribution is -2.53. The molecule has 4 heteroatoms. The van der Waals surface area contributed by atoms with E-state index in [1.165, 1.54) is 0 Å². The molecule has 1 saturated carbocycles. The molecule has 1 fully saturated rings. The molecule has 1 aliphatic carbocycles. The van der Waals surface area contributed by atoms with E-state index in [0.717, 1.165) is 19.3 Å².